The second-order valence-electron chi connectivity index (χ2n) is 5.32. The van der Waals surface area contributed by atoms with E-state index in [9.17, 15) is 4.79 Å². The average Bonchev–Trinajstić information content (AvgIpc) is 2.92. The summed E-state index contributed by atoms with van der Waals surface area (Å²) in [6, 6.07) is 10.8. The molecule has 0 saturated heterocycles. The minimum Gasteiger partial charge on any atom is -0.322 e. The summed E-state index contributed by atoms with van der Waals surface area (Å²) < 4.78 is 1.94. The predicted molar refractivity (Wildman–Crippen MR) is 95.2 cm³/mol. The van der Waals surface area contributed by atoms with Gasteiger partial charge in [0.15, 0.2) is 0 Å². The number of aromatic nitrogens is 2. The van der Waals surface area contributed by atoms with Gasteiger partial charge < -0.3 is 9.72 Å². The van der Waals surface area contributed by atoms with E-state index in [1.54, 1.807) is 30.3 Å². The van der Waals surface area contributed by atoms with Crippen LogP contribution in [0.3, 0.4) is 0 Å². The van der Waals surface area contributed by atoms with Crippen LogP contribution in [0.2, 0.25) is 0 Å². The molecule has 24 heavy (non-hydrogen) atoms. The molecule has 0 aliphatic rings. The first kappa shape index (κ1) is 16.1. The number of carbonyl (C=O) groups is 1. The van der Waals surface area contributed by atoms with Gasteiger partial charge >= 0.3 is 0 Å². The summed E-state index contributed by atoms with van der Waals surface area (Å²) in [4.78, 5) is 17.8. The van der Waals surface area contributed by atoms with Crippen molar-refractivity contribution >= 4 is 29.0 Å². The van der Waals surface area contributed by atoms with Crippen molar-refractivity contribution in [3.63, 3.8) is 0 Å². The molecule has 1 N–H and O–H groups in total. The molecule has 120 valence electrons. The molecule has 0 bridgehead atoms. The van der Waals surface area contributed by atoms with Crippen molar-refractivity contribution in [2.75, 3.05) is 5.32 Å². The van der Waals surface area contributed by atoms with Crippen molar-refractivity contribution in [2.24, 2.45) is 0 Å². The zero-order valence-corrected chi connectivity index (χ0v) is 14.2. The highest BCUT2D eigenvalue weighted by Crippen LogP contribution is 2.20. The first-order chi connectivity index (χ1) is 11.6. The molecule has 0 aliphatic carbocycles. The molecule has 0 unspecified atom stereocenters. The number of carbonyl (C=O) groups excluding carboxylic acids is 1. The molecular weight excluding hydrogens is 320 g/mol. The quantitative estimate of drug-likeness (QED) is 0.577. The molecule has 3 rings (SSSR count). The summed E-state index contributed by atoms with van der Waals surface area (Å²) in [5, 5.41) is 13.5. The van der Waals surface area contributed by atoms with Crippen molar-refractivity contribution in [2.45, 2.75) is 25.2 Å². The van der Waals surface area contributed by atoms with Gasteiger partial charge in [0.2, 0.25) is 0 Å². The Labute approximate surface area is 144 Å². The van der Waals surface area contributed by atoms with E-state index >= 15 is 0 Å². The minimum absolute atomic E-state index is 0.177. The summed E-state index contributed by atoms with van der Waals surface area (Å²) in [7, 11) is 0. The maximum absolute atomic E-state index is 12.5. The summed E-state index contributed by atoms with van der Waals surface area (Å²) in [6.07, 6.45) is 2.67. The molecule has 2 aromatic heterocycles. The van der Waals surface area contributed by atoms with Crippen LogP contribution in [0.15, 0.2) is 47.5 Å². The Morgan fingerprint density at radius 3 is 2.71 bits per heavy atom. The van der Waals surface area contributed by atoms with Gasteiger partial charge in [0, 0.05) is 22.5 Å². The Balaban J connectivity index is 1.83. The maximum atomic E-state index is 12.5. The first-order valence-corrected chi connectivity index (χ1v) is 8.39. The second-order valence-corrected chi connectivity index (χ2v) is 6.17. The van der Waals surface area contributed by atoms with E-state index in [4.69, 9.17) is 5.26 Å². The lowest BCUT2D eigenvalue weighted by Crippen LogP contribution is -2.12. The molecule has 6 heteroatoms. The molecule has 2 heterocycles. The summed E-state index contributed by atoms with van der Waals surface area (Å²) in [5.41, 5.74) is 4.21. The number of anilines is 1. The van der Waals surface area contributed by atoms with E-state index in [-0.39, 0.29) is 5.91 Å². The zero-order chi connectivity index (χ0) is 17.1. The minimum atomic E-state index is -0.177. The van der Waals surface area contributed by atoms with Gasteiger partial charge in [-0.3, -0.25) is 4.79 Å². The normalized spacial score (nSPS) is 10.5. The molecule has 5 nitrogen and oxygen atoms in total. The number of fused-ring (bicyclic) bond motifs is 1. The van der Waals surface area contributed by atoms with Gasteiger partial charge in [0.25, 0.3) is 5.91 Å². The number of hydrogen-bond donors (Lipinski definition) is 1. The Morgan fingerprint density at radius 2 is 2.04 bits per heavy atom. The number of pyridine rings is 1. The van der Waals surface area contributed by atoms with Crippen LogP contribution in [0.5, 0.6) is 0 Å². The third-order valence-corrected chi connectivity index (χ3v) is 4.43. The lowest BCUT2D eigenvalue weighted by Gasteiger charge is -2.07. The van der Waals surface area contributed by atoms with Crippen molar-refractivity contribution < 1.29 is 4.79 Å². The van der Waals surface area contributed by atoms with Gasteiger partial charge in [-0.15, -0.1) is 0 Å². The van der Waals surface area contributed by atoms with E-state index in [1.807, 2.05) is 29.0 Å². The zero-order valence-electron chi connectivity index (χ0n) is 13.4. The van der Waals surface area contributed by atoms with Gasteiger partial charge in [-0.1, -0.05) is 6.92 Å². The number of nitrogens with one attached hydrogen (secondary N) is 1. The first-order valence-electron chi connectivity index (χ1n) is 7.57. The molecular formula is C18H16N4OS. The lowest BCUT2D eigenvalue weighted by atomic mass is 10.2. The van der Waals surface area contributed by atoms with E-state index in [0.717, 1.165) is 40.1 Å². The molecule has 1 amide bonds. The Hall–Kier alpha value is -2.78. The van der Waals surface area contributed by atoms with Crippen LogP contribution in [-0.2, 0) is 6.42 Å². The van der Waals surface area contributed by atoms with E-state index < -0.39 is 0 Å². The van der Waals surface area contributed by atoms with Crippen LogP contribution >= 0.6 is 11.8 Å². The summed E-state index contributed by atoms with van der Waals surface area (Å²) in [6.45, 7) is 4.07. The van der Waals surface area contributed by atoms with Crippen LogP contribution in [0.4, 0.5) is 5.69 Å². The van der Waals surface area contributed by atoms with Crippen LogP contribution in [0.25, 0.3) is 5.65 Å². The van der Waals surface area contributed by atoms with Crippen LogP contribution in [-0.4, -0.2) is 15.3 Å². The molecule has 0 saturated carbocycles. The third-order valence-electron chi connectivity index (χ3n) is 3.83. The highest BCUT2D eigenvalue weighted by Gasteiger charge is 2.11. The second kappa shape index (κ2) is 6.77. The van der Waals surface area contributed by atoms with Gasteiger partial charge in [-0.25, -0.2) is 4.98 Å². The molecule has 1 aromatic carbocycles. The fraction of sp³-hybridized carbons (Fsp3) is 0.167. The van der Waals surface area contributed by atoms with Gasteiger partial charge in [-0.05, 0) is 61.5 Å². The van der Waals surface area contributed by atoms with Crippen molar-refractivity contribution in [3.05, 3.63) is 59.5 Å². The summed E-state index contributed by atoms with van der Waals surface area (Å²) >= 11 is 1.09. The highest BCUT2D eigenvalue weighted by molar-refractivity contribution is 8.03. The number of nitriles is 1. The van der Waals surface area contributed by atoms with E-state index in [1.165, 1.54) is 0 Å². The smallest absolute Gasteiger partial charge is 0.257 e. The number of benzene rings is 1. The predicted octanol–water partition coefficient (Wildman–Crippen LogP) is 4.03. The monoisotopic (exact) mass is 336 g/mol. The van der Waals surface area contributed by atoms with Gasteiger partial charge in [0.05, 0.1) is 11.3 Å². The van der Waals surface area contributed by atoms with Gasteiger partial charge in [0.1, 0.15) is 11.0 Å². The van der Waals surface area contributed by atoms with Gasteiger partial charge in [-0.2, -0.15) is 5.26 Å². The van der Waals surface area contributed by atoms with Crippen molar-refractivity contribution in [1.29, 1.82) is 5.26 Å². The van der Waals surface area contributed by atoms with Crippen LogP contribution < -0.4 is 5.32 Å². The molecule has 0 atom stereocenters. The fourth-order valence-corrected chi connectivity index (χ4v) is 2.92. The third kappa shape index (κ3) is 3.12. The number of hydrogen-bond acceptors (Lipinski definition) is 4. The largest absolute Gasteiger partial charge is 0.322 e. The van der Waals surface area contributed by atoms with Crippen molar-refractivity contribution in [1.82, 2.24) is 9.38 Å². The fourth-order valence-electron chi connectivity index (χ4n) is 2.54. The molecule has 0 fully saturated rings. The number of imidazole rings is 1. The van der Waals surface area contributed by atoms with Crippen molar-refractivity contribution in [3.8, 4) is 5.40 Å². The summed E-state index contributed by atoms with van der Waals surface area (Å²) in [5.74, 6) is -0.177. The topological polar surface area (TPSA) is 70.2 Å². The van der Waals surface area contributed by atoms with E-state index in [0.29, 0.717) is 11.3 Å². The number of nitrogens with zero attached hydrogens (tertiary/aromatic N) is 3. The van der Waals surface area contributed by atoms with Crippen LogP contribution in [0.1, 0.15) is 28.7 Å². The van der Waals surface area contributed by atoms with Crippen LogP contribution in [0, 0.1) is 17.6 Å². The number of thiocyanates is 1. The Morgan fingerprint density at radius 1 is 1.29 bits per heavy atom. The van der Waals surface area contributed by atoms with E-state index in [2.05, 4.69) is 17.2 Å². The maximum Gasteiger partial charge on any atom is 0.257 e. The lowest BCUT2D eigenvalue weighted by molar-refractivity contribution is 0.102. The number of aryl methyl sites for hydroxylation is 2. The standard InChI is InChI=1S/C18H16N4OS/c1-3-16-12(2)22-10-13(4-9-17(22)21-16)18(23)20-14-5-7-15(8-6-14)24-11-19/h4-10H,3H2,1-2H3,(H,20,23). The number of thioether (sulfide) groups is 1. The number of rotatable bonds is 4. The molecule has 0 aliphatic heterocycles. The molecule has 0 spiro atoms. The SMILES string of the molecule is CCc1nc2ccc(C(=O)Nc3ccc(SC#N)cc3)cn2c1C. The Bertz CT molecular complexity index is 938. The average molecular weight is 336 g/mol. The molecule has 3 aromatic rings. The Kier molecular flexibility index (Phi) is 4.54. The molecule has 0 radical (unpaired) electrons. The highest BCUT2D eigenvalue weighted by atomic mass is 32.2. The number of amides is 1.